The number of carbonyl (C=O) groups is 1. The van der Waals surface area contributed by atoms with Gasteiger partial charge in [-0.15, -0.1) is 0 Å². The molecule has 5 nitrogen and oxygen atoms in total. The molecule has 5 heteroatoms. The Labute approximate surface area is 87.5 Å². The Morgan fingerprint density at radius 2 is 2.47 bits per heavy atom. The molecule has 2 unspecified atom stereocenters. The van der Waals surface area contributed by atoms with E-state index >= 15 is 0 Å². The number of rotatable bonds is 2. The Balaban J connectivity index is 2.11. The molecular weight excluding hydrogens is 196 g/mol. The first kappa shape index (κ1) is 10.2. The summed E-state index contributed by atoms with van der Waals surface area (Å²) in [4.78, 5) is 10.6. The van der Waals surface area contributed by atoms with Gasteiger partial charge in [0.15, 0.2) is 11.5 Å². The molecule has 0 bridgehead atoms. The quantitative estimate of drug-likeness (QED) is 0.775. The van der Waals surface area contributed by atoms with Crippen LogP contribution >= 0.6 is 0 Å². The standard InChI is InChI=1S/C10H14N2O3/c1-6-3-2-4-7(11-6)9-5-8(10(13)14)12-15-9/h5-7,11H,2-4H2,1H3,(H,13,14). The molecule has 2 atom stereocenters. The van der Waals surface area contributed by atoms with Crippen LogP contribution < -0.4 is 5.32 Å². The van der Waals surface area contributed by atoms with Gasteiger partial charge in [-0.3, -0.25) is 0 Å². The van der Waals surface area contributed by atoms with Gasteiger partial charge >= 0.3 is 5.97 Å². The van der Waals surface area contributed by atoms with Gasteiger partial charge in [0.1, 0.15) is 0 Å². The highest BCUT2D eigenvalue weighted by molar-refractivity contribution is 5.85. The van der Waals surface area contributed by atoms with Crippen molar-refractivity contribution in [3.8, 4) is 0 Å². The van der Waals surface area contributed by atoms with Crippen molar-refractivity contribution in [1.82, 2.24) is 10.5 Å². The summed E-state index contributed by atoms with van der Waals surface area (Å²) < 4.78 is 5.02. The fraction of sp³-hybridized carbons (Fsp3) is 0.600. The van der Waals surface area contributed by atoms with Crippen LogP contribution in [0.5, 0.6) is 0 Å². The van der Waals surface area contributed by atoms with Crippen molar-refractivity contribution >= 4 is 5.97 Å². The summed E-state index contributed by atoms with van der Waals surface area (Å²) in [5.74, 6) is -0.423. The maximum absolute atomic E-state index is 10.6. The zero-order valence-electron chi connectivity index (χ0n) is 8.56. The van der Waals surface area contributed by atoms with Gasteiger partial charge in [0.2, 0.25) is 0 Å². The second-order valence-electron chi connectivity index (χ2n) is 3.97. The summed E-state index contributed by atoms with van der Waals surface area (Å²) in [6.07, 6.45) is 3.25. The fourth-order valence-electron chi connectivity index (χ4n) is 1.92. The molecule has 82 valence electrons. The van der Waals surface area contributed by atoms with Gasteiger partial charge in [-0.05, 0) is 26.2 Å². The molecule has 1 aromatic heterocycles. The maximum Gasteiger partial charge on any atom is 0.358 e. The third kappa shape index (κ3) is 2.18. The number of hydrogen-bond donors (Lipinski definition) is 2. The highest BCUT2D eigenvalue weighted by Gasteiger charge is 2.23. The zero-order chi connectivity index (χ0) is 10.8. The number of piperidine rings is 1. The minimum atomic E-state index is -1.05. The molecule has 1 aliphatic rings. The second-order valence-corrected chi connectivity index (χ2v) is 3.97. The summed E-state index contributed by atoms with van der Waals surface area (Å²) >= 11 is 0. The molecule has 2 N–H and O–H groups in total. The lowest BCUT2D eigenvalue weighted by Crippen LogP contribution is -2.34. The van der Waals surface area contributed by atoms with Gasteiger partial charge in [-0.25, -0.2) is 4.79 Å². The van der Waals surface area contributed by atoms with E-state index in [2.05, 4.69) is 17.4 Å². The Kier molecular flexibility index (Phi) is 2.73. The first-order chi connectivity index (χ1) is 7.16. The summed E-state index contributed by atoms with van der Waals surface area (Å²) in [5.41, 5.74) is -0.0231. The predicted octanol–water partition coefficient (Wildman–Crippen LogP) is 1.58. The number of aromatic carboxylic acids is 1. The molecule has 0 aliphatic carbocycles. The molecule has 0 radical (unpaired) electrons. The first-order valence-corrected chi connectivity index (χ1v) is 5.13. The lowest BCUT2D eigenvalue weighted by molar-refractivity contribution is 0.0685. The van der Waals surface area contributed by atoms with E-state index < -0.39 is 5.97 Å². The van der Waals surface area contributed by atoms with E-state index in [1.54, 1.807) is 0 Å². The minimum absolute atomic E-state index is 0.0231. The summed E-state index contributed by atoms with van der Waals surface area (Å²) in [6, 6.07) is 2.05. The molecule has 0 spiro atoms. The second kappa shape index (κ2) is 4.02. The summed E-state index contributed by atoms with van der Waals surface area (Å²) in [7, 11) is 0. The number of nitrogens with zero attached hydrogens (tertiary/aromatic N) is 1. The van der Waals surface area contributed by atoms with E-state index in [0.29, 0.717) is 11.8 Å². The molecule has 1 fully saturated rings. The smallest absolute Gasteiger partial charge is 0.358 e. The first-order valence-electron chi connectivity index (χ1n) is 5.13. The average Bonchev–Trinajstić information content (AvgIpc) is 2.66. The third-order valence-electron chi connectivity index (χ3n) is 2.71. The van der Waals surface area contributed by atoms with Crippen molar-refractivity contribution in [1.29, 1.82) is 0 Å². The van der Waals surface area contributed by atoms with Crippen LogP contribution in [0.4, 0.5) is 0 Å². The van der Waals surface area contributed by atoms with E-state index in [9.17, 15) is 4.79 Å². The van der Waals surface area contributed by atoms with Crippen molar-refractivity contribution in [3.63, 3.8) is 0 Å². The number of hydrogen-bond acceptors (Lipinski definition) is 4. The van der Waals surface area contributed by atoms with E-state index in [1.165, 1.54) is 6.07 Å². The Morgan fingerprint density at radius 3 is 3.07 bits per heavy atom. The minimum Gasteiger partial charge on any atom is -0.476 e. The monoisotopic (exact) mass is 210 g/mol. The summed E-state index contributed by atoms with van der Waals surface area (Å²) in [6.45, 7) is 2.11. The van der Waals surface area contributed by atoms with Gasteiger partial charge in [0, 0.05) is 12.1 Å². The molecule has 2 rings (SSSR count). The van der Waals surface area contributed by atoms with Gasteiger partial charge in [0.05, 0.1) is 6.04 Å². The zero-order valence-corrected chi connectivity index (χ0v) is 8.56. The van der Waals surface area contributed by atoms with Gasteiger partial charge in [-0.1, -0.05) is 5.16 Å². The highest BCUT2D eigenvalue weighted by Crippen LogP contribution is 2.25. The van der Waals surface area contributed by atoms with Gasteiger partial charge < -0.3 is 14.9 Å². The molecular formula is C10H14N2O3. The van der Waals surface area contributed by atoms with Crippen molar-refractivity contribution in [3.05, 3.63) is 17.5 Å². The molecule has 0 saturated carbocycles. The van der Waals surface area contributed by atoms with Crippen molar-refractivity contribution in [2.75, 3.05) is 0 Å². The number of nitrogens with one attached hydrogen (secondary N) is 1. The number of carboxylic acid groups (broad SMARTS) is 1. The van der Waals surface area contributed by atoms with Crippen LogP contribution in [0.3, 0.4) is 0 Å². The lowest BCUT2D eigenvalue weighted by atomic mass is 9.98. The predicted molar refractivity (Wildman–Crippen MR) is 52.7 cm³/mol. The van der Waals surface area contributed by atoms with Crippen molar-refractivity contribution < 1.29 is 14.4 Å². The Morgan fingerprint density at radius 1 is 1.67 bits per heavy atom. The Hall–Kier alpha value is -1.36. The van der Waals surface area contributed by atoms with Crippen LogP contribution in [0.15, 0.2) is 10.6 Å². The third-order valence-corrected chi connectivity index (χ3v) is 2.71. The molecule has 1 aliphatic heterocycles. The molecule has 1 aromatic rings. The van der Waals surface area contributed by atoms with Crippen LogP contribution in [0.25, 0.3) is 0 Å². The van der Waals surface area contributed by atoms with Gasteiger partial charge in [0.25, 0.3) is 0 Å². The van der Waals surface area contributed by atoms with Crippen LogP contribution in [0.2, 0.25) is 0 Å². The summed E-state index contributed by atoms with van der Waals surface area (Å²) in [5, 5.41) is 15.6. The number of aromatic nitrogens is 1. The molecule has 0 amide bonds. The largest absolute Gasteiger partial charge is 0.476 e. The topological polar surface area (TPSA) is 75.4 Å². The van der Waals surface area contributed by atoms with E-state index in [-0.39, 0.29) is 11.7 Å². The average molecular weight is 210 g/mol. The maximum atomic E-state index is 10.6. The highest BCUT2D eigenvalue weighted by atomic mass is 16.5. The number of carboxylic acids is 1. The van der Waals surface area contributed by atoms with Crippen LogP contribution in [-0.4, -0.2) is 22.3 Å². The van der Waals surface area contributed by atoms with Crippen LogP contribution in [-0.2, 0) is 0 Å². The van der Waals surface area contributed by atoms with Crippen molar-refractivity contribution in [2.24, 2.45) is 0 Å². The van der Waals surface area contributed by atoms with Crippen LogP contribution in [0, 0.1) is 0 Å². The van der Waals surface area contributed by atoms with Crippen molar-refractivity contribution in [2.45, 2.75) is 38.3 Å². The van der Waals surface area contributed by atoms with E-state index in [1.807, 2.05) is 0 Å². The van der Waals surface area contributed by atoms with Crippen LogP contribution in [0.1, 0.15) is 48.5 Å². The SMILES string of the molecule is CC1CCCC(c2cc(C(=O)O)no2)N1. The fourth-order valence-corrected chi connectivity index (χ4v) is 1.92. The Bertz CT molecular complexity index is 361. The molecule has 15 heavy (non-hydrogen) atoms. The molecule has 1 saturated heterocycles. The molecule has 0 aromatic carbocycles. The van der Waals surface area contributed by atoms with E-state index in [4.69, 9.17) is 9.63 Å². The van der Waals surface area contributed by atoms with E-state index in [0.717, 1.165) is 19.3 Å². The van der Waals surface area contributed by atoms with Gasteiger partial charge in [-0.2, -0.15) is 0 Å². The normalized spacial score (nSPS) is 26.5. The molecule has 2 heterocycles. The lowest BCUT2D eigenvalue weighted by Gasteiger charge is -2.26.